The zero-order chi connectivity index (χ0) is 32.2. The number of aryl methyl sites for hydroxylation is 2. The van der Waals surface area contributed by atoms with Crippen molar-refractivity contribution in [1.29, 1.82) is 0 Å². The molecule has 228 valence electrons. The molecule has 8 heteroatoms. The third kappa shape index (κ3) is 6.49. The Balaban J connectivity index is 1.46. The van der Waals surface area contributed by atoms with Crippen molar-refractivity contribution in [3.63, 3.8) is 0 Å². The van der Waals surface area contributed by atoms with Crippen LogP contribution in [-0.4, -0.2) is 41.2 Å². The van der Waals surface area contributed by atoms with Crippen LogP contribution in [0.3, 0.4) is 0 Å². The van der Waals surface area contributed by atoms with Crippen LogP contribution in [0.4, 0.5) is 11.4 Å². The fraction of sp³-hybridized carbons (Fsp3) is 0.278. The Morgan fingerprint density at radius 1 is 0.818 bits per heavy atom. The Labute approximate surface area is 260 Å². The molecular formula is C36H43N6O2+. The van der Waals surface area contributed by atoms with Gasteiger partial charge in [0.05, 0.1) is 14.1 Å². The average Bonchev–Trinajstić information content (AvgIpc) is 3.35. The van der Waals surface area contributed by atoms with Crippen LogP contribution in [0.25, 0.3) is 0 Å². The van der Waals surface area contributed by atoms with Crippen LogP contribution in [0.1, 0.15) is 60.6 Å². The van der Waals surface area contributed by atoms with Gasteiger partial charge in [-0.2, -0.15) is 0 Å². The van der Waals surface area contributed by atoms with E-state index in [0.717, 1.165) is 16.8 Å². The average molecular weight is 592 g/mol. The summed E-state index contributed by atoms with van der Waals surface area (Å²) in [6.45, 7) is 12.5. The van der Waals surface area contributed by atoms with Gasteiger partial charge in [-0.3, -0.25) is 14.6 Å². The molecule has 0 saturated heterocycles. The first-order valence-corrected chi connectivity index (χ1v) is 14.6. The van der Waals surface area contributed by atoms with Crippen LogP contribution < -0.4 is 15.2 Å². The second kappa shape index (κ2) is 12.7. The van der Waals surface area contributed by atoms with Gasteiger partial charge in [-0.1, -0.05) is 82.8 Å². The number of carbonyl (C=O) groups is 2. The van der Waals surface area contributed by atoms with E-state index in [-0.39, 0.29) is 28.5 Å². The predicted octanol–water partition coefficient (Wildman–Crippen LogP) is 5.80. The Kier molecular flexibility index (Phi) is 9.23. The molecule has 0 saturated carbocycles. The van der Waals surface area contributed by atoms with Gasteiger partial charge in [0.25, 0.3) is 5.91 Å². The van der Waals surface area contributed by atoms with Crippen LogP contribution in [0, 0.1) is 0 Å². The molecule has 4 aromatic rings. The Morgan fingerprint density at radius 3 is 1.59 bits per heavy atom. The summed E-state index contributed by atoms with van der Waals surface area (Å²) in [7, 11) is 7.02. The molecule has 44 heavy (non-hydrogen) atoms. The number of imidazole rings is 1. The lowest BCUT2D eigenvalue weighted by molar-refractivity contribution is -0.672. The molecule has 4 rings (SSSR count). The Bertz CT molecular complexity index is 1660. The van der Waals surface area contributed by atoms with Gasteiger partial charge < -0.3 is 15.5 Å². The first-order valence-electron chi connectivity index (χ1n) is 14.6. The summed E-state index contributed by atoms with van der Waals surface area (Å²) in [5, 5.41) is 5.91. The third-order valence-electron chi connectivity index (χ3n) is 8.47. The SMILES string of the molecule is C=CN(C)C(=NC)C(=O)Nc1ccc(C(C)(C)c2ccc(C(C)(C)c3ccc(NC(=O)c4n(C)cc[n+]4C)cc3)cc2)cc1. The summed E-state index contributed by atoms with van der Waals surface area (Å²) in [4.78, 5) is 31.1. The van der Waals surface area contributed by atoms with E-state index in [9.17, 15) is 9.59 Å². The van der Waals surface area contributed by atoms with Gasteiger partial charge in [0.15, 0.2) is 5.84 Å². The number of benzene rings is 3. The maximum absolute atomic E-state index is 12.8. The smallest absolute Gasteiger partial charge is 0.332 e. The Morgan fingerprint density at radius 2 is 1.23 bits per heavy atom. The number of nitrogens with zero attached hydrogens (tertiary/aromatic N) is 4. The van der Waals surface area contributed by atoms with E-state index >= 15 is 0 Å². The zero-order valence-electron chi connectivity index (χ0n) is 27.0. The van der Waals surface area contributed by atoms with Gasteiger partial charge in [-0.25, -0.2) is 9.13 Å². The molecule has 0 radical (unpaired) electrons. The molecule has 0 fully saturated rings. The Hall–Kier alpha value is -4.98. The molecule has 0 spiro atoms. The van der Waals surface area contributed by atoms with E-state index in [2.05, 4.69) is 86.3 Å². The second-order valence-electron chi connectivity index (χ2n) is 12.1. The zero-order valence-corrected chi connectivity index (χ0v) is 27.0. The van der Waals surface area contributed by atoms with E-state index in [1.165, 1.54) is 11.1 Å². The minimum Gasteiger partial charge on any atom is -0.332 e. The minimum absolute atomic E-state index is 0.152. The van der Waals surface area contributed by atoms with E-state index in [1.54, 1.807) is 34.3 Å². The minimum atomic E-state index is -0.291. The normalized spacial score (nSPS) is 12.0. The quantitative estimate of drug-likeness (QED) is 0.155. The van der Waals surface area contributed by atoms with Crippen LogP contribution in [0.5, 0.6) is 0 Å². The van der Waals surface area contributed by atoms with Crippen molar-refractivity contribution in [2.45, 2.75) is 38.5 Å². The summed E-state index contributed by atoms with van der Waals surface area (Å²) in [6.07, 6.45) is 5.26. The number of hydrogen-bond donors (Lipinski definition) is 2. The fourth-order valence-corrected chi connectivity index (χ4v) is 5.37. The topological polar surface area (TPSA) is 82.6 Å². The highest BCUT2D eigenvalue weighted by atomic mass is 16.2. The molecule has 0 bridgehead atoms. The lowest BCUT2D eigenvalue weighted by Gasteiger charge is -2.30. The maximum Gasteiger partial charge on any atom is 0.347 e. The predicted molar refractivity (Wildman–Crippen MR) is 178 cm³/mol. The molecule has 0 unspecified atom stereocenters. The molecule has 8 nitrogen and oxygen atoms in total. The molecule has 3 aromatic carbocycles. The number of aliphatic imine (C=N–C) groups is 1. The van der Waals surface area contributed by atoms with Crippen molar-refractivity contribution < 1.29 is 14.2 Å². The van der Waals surface area contributed by atoms with Crippen molar-refractivity contribution in [3.8, 4) is 0 Å². The van der Waals surface area contributed by atoms with Gasteiger partial charge in [0.2, 0.25) is 0 Å². The second-order valence-corrected chi connectivity index (χ2v) is 12.1. The van der Waals surface area contributed by atoms with Gasteiger partial charge in [0.1, 0.15) is 12.4 Å². The number of carbonyl (C=O) groups excluding carboxylic acids is 2. The third-order valence-corrected chi connectivity index (χ3v) is 8.47. The number of amides is 2. The van der Waals surface area contributed by atoms with Crippen molar-refractivity contribution in [2.24, 2.45) is 19.1 Å². The van der Waals surface area contributed by atoms with Crippen LogP contribution in [0.2, 0.25) is 0 Å². The van der Waals surface area contributed by atoms with Crippen molar-refractivity contribution in [3.05, 3.63) is 126 Å². The highest BCUT2D eigenvalue weighted by molar-refractivity contribution is 6.42. The fourth-order valence-electron chi connectivity index (χ4n) is 5.37. The monoisotopic (exact) mass is 591 g/mol. The van der Waals surface area contributed by atoms with Crippen LogP contribution in [0.15, 0.2) is 103 Å². The first kappa shape index (κ1) is 31.9. The standard InChI is InChI=1S/C36H42N6O2/c1-10-40(7)31(37-6)32(43)38-29-19-15-27(16-20-29)35(2,3)25-11-13-26(14-12-25)36(4,5)28-17-21-30(22-18-28)39-33(44)34-41(8)23-24-42(34)9/h10-24H,1H2,2-9H3,(H-,38,39,43,44)/p+1. The number of amidine groups is 1. The van der Waals surface area contributed by atoms with Gasteiger partial charge >= 0.3 is 11.7 Å². The van der Waals surface area contributed by atoms with Crippen LogP contribution >= 0.6 is 0 Å². The molecule has 1 heterocycles. The summed E-state index contributed by atoms with van der Waals surface area (Å²) in [5.74, 6) is 0.419. The lowest BCUT2D eigenvalue weighted by Crippen LogP contribution is -2.37. The van der Waals surface area contributed by atoms with Crippen LogP contribution in [-0.2, 0) is 29.7 Å². The van der Waals surface area contributed by atoms with E-state index in [4.69, 9.17) is 0 Å². The van der Waals surface area contributed by atoms with Crippen molar-refractivity contribution in [2.75, 3.05) is 24.7 Å². The van der Waals surface area contributed by atoms with E-state index < -0.39 is 0 Å². The molecule has 0 atom stereocenters. The summed E-state index contributed by atoms with van der Waals surface area (Å²) in [6, 6.07) is 24.7. The van der Waals surface area contributed by atoms with Gasteiger partial charge in [0, 0.05) is 36.3 Å². The largest absolute Gasteiger partial charge is 0.347 e. The molecule has 2 amide bonds. The number of rotatable bonds is 8. The van der Waals surface area contributed by atoms with Gasteiger partial charge in [-0.15, -0.1) is 0 Å². The number of aromatic nitrogens is 2. The summed E-state index contributed by atoms with van der Waals surface area (Å²) in [5.41, 5.74) is 5.63. The van der Waals surface area contributed by atoms with Crippen molar-refractivity contribution in [1.82, 2.24) is 9.47 Å². The molecule has 0 aliphatic rings. The van der Waals surface area contributed by atoms with E-state index in [1.807, 2.05) is 62.9 Å². The van der Waals surface area contributed by atoms with Gasteiger partial charge in [-0.05, 0) is 52.7 Å². The highest BCUT2D eigenvalue weighted by Crippen LogP contribution is 2.36. The number of anilines is 2. The van der Waals surface area contributed by atoms with E-state index in [0.29, 0.717) is 11.5 Å². The highest BCUT2D eigenvalue weighted by Gasteiger charge is 2.27. The number of nitrogens with one attached hydrogen (secondary N) is 2. The number of likely N-dealkylation sites (N-methyl/N-ethyl adjacent to an activating group) is 1. The molecule has 0 aliphatic carbocycles. The molecule has 2 N–H and O–H groups in total. The molecule has 0 aliphatic heterocycles. The molecular weight excluding hydrogens is 548 g/mol. The van der Waals surface area contributed by atoms with Crippen molar-refractivity contribution >= 4 is 29.0 Å². The lowest BCUT2D eigenvalue weighted by atomic mass is 9.74. The maximum atomic E-state index is 12.8. The summed E-state index contributed by atoms with van der Waals surface area (Å²) >= 11 is 0. The number of hydrogen-bond acceptors (Lipinski definition) is 3. The summed E-state index contributed by atoms with van der Waals surface area (Å²) < 4.78 is 3.60. The molecule has 1 aromatic heterocycles. The first-order chi connectivity index (χ1) is 20.8.